The zero-order valence-electron chi connectivity index (χ0n) is 11.8. The van der Waals surface area contributed by atoms with Crippen LogP contribution in [0.15, 0.2) is 42.5 Å². The summed E-state index contributed by atoms with van der Waals surface area (Å²) in [5, 5.41) is 3.24. The topological polar surface area (TPSA) is 42.7 Å². The summed E-state index contributed by atoms with van der Waals surface area (Å²) in [4.78, 5) is 9.29. The number of pyridine rings is 1. The van der Waals surface area contributed by atoms with Crippen LogP contribution in [0.25, 0.3) is 11.0 Å². The zero-order chi connectivity index (χ0) is 13.9. The normalized spacial score (nSPS) is 10.9. The fraction of sp³-hybridized carbons (Fsp3) is 0.250. The maximum Gasteiger partial charge on any atom is 0.126 e. The second-order valence-electron chi connectivity index (χ2n) is 4.80. The standard InChI is InChI=1S/C16H18N4/c1-3-17-15-10-6-7-12(18-15)11-16-19-13-8-4-5-9-14(13)20(16)2/h4-10H,3,11H2,1-2H3,(H,17,18). The summed E-state index contributed by atoms with van der Waals surface area (Å²) in [5.41, 5.74) is 3.22. The van der Waals surface area contributed by atoms with Crippen molar-refractivity contribution in [3.8, 4) is 0 Å². The van der Waals surface area contributed by atoms with Crippen molar-refractivity contribution < 1.29 is 0 Å². The molecule has 2 heterocycles. The molecule has 0 atom stereocenters. The number of aromatic nitrogens is 3. The van der Waals surface area contributed by atoms with Gasteiger partial charge in [0.25, 0.3) is 0 Å². The van der Waals surface area contributed by atoms with Gasteiger partial charge in [0.05, 0.1) is 16.7 Å². The molecule has 0 radical (unpaired) electrons. The quantitative estimate of drug-likeness (QED) is 0.789. The van der Waals surface area contributed by atoms with Crippen LogP contribution in [0.1, 0.15) is 18.4 Å². The Morgan fingerprint density at radius 3 is 2.70 bits per heavy atom. The van der Waals surface area contributed by atoms with E-state index in [0.717, 1.165) is 41.3 Å². The molecule has 0 bridgehead atoms. The number of fused-ring (bicyclic) bond motifs is 1. The fourth-order valence-electron chi connectivity index (χ4n) is 2.37. The Morgan fingerprint density at radius 1 is 1.05 bits per heavy atom. The number of hydrogen-bond donors (Lipinski definition) is 1. The van der Waals surface area contributed by atoms with E-state index in [-0.39, 0.29) is 0 Å². The van der Waals surface area contributed by atoms with Gasteiger partial charge in [-0.1, -0.05) is 18.2 Å². The monoisotopic (exact) mass is 266 g/mol. The molecule has 0 aliphatic rings. The Morgan fingerprint density at radius 2 is 1.90 bits per heavy atom. The molecule has 1 N–H and O–H groups in total. The van der Waals surface area contributed by atoms with Crippen LogP contribution < -0.4 is 5.32 Å². The van der Waals surface area contributed by atoms with Crippen LogP contribution >= 0.6 is 0 Å². The molecule has 0 aliphatic carbocycles. The molecule has 0 spiro atoms. The van der Waals surface area contributed by atoms with Crippen molar-refractivity contribution in [2.45, 2.75) is 13.3 Å². The van der Waals surface area contributed by atoms with E-state index in [4.69, 9.17) is 0 Å². The van der Waals surface area contributed by atoms with Gasteiger partial charge in [-0.3, -0.25) is 0 Å². The molecule has 0 amide bonds. The summed E-state index contributed by atoms with van der Waals surface area (Å²) in [5.74, 6) is 1.95. The maximum atomic E-state index is 4.69. The molecule has 4 heteroatoms. The van der Waals surface area contributed by atoms with Gasteiger partial charge in [0.15, 0.2) is 0 Å². The predicted octanol–water partition coefficient (Wildman–Crippen LogP) is 2.99. The second kappa shape index (κ2) is 5.33. The van der Waals surface area contributed by atoms with Gasteiger partial charge in [0, 0.05) is 20.0 Å². The van der Waals surface area contributed by atoms with Crippen molar-refractivity contribution in [3.05, 3.63) is 54.0 Å². The van der Waals surface area contributed by atoms with Gasteiger partial charge in [-0.25, -0.2) is 9.97 Å². The van der Waals surface area contributed by atoms with Crippen LogP contribution in [0, 0.1) is 0 Å². The lowest BCUT2D eigenvalue weighted by molar-refractivity contribution is 0.832. The summed E-state index contributed by atoms with van der Waals surface area (Å²) in [6, 6.07) is 14.3. The predicted molar refractivity (Wildman–Crippen MR) is 81.9 cm³/mol. The van der Waals surface area contributed by atoms with Gasteiger partial charge < -0.3 is 9.88 Å². The number of rotatable bonds is 4. The van der Waals surface area contributed by atoms with Crippen molar-refractivity contribution >= 4 is 16.9 Å². The van der Waals surface area contributed by atoms with Crippen LogP contribution in [-0.2, 0) is 13.5 Å². The molecule has 0 unspecified atom stereocenters. The second-order valence-corrected chi connectivity index (χ2v) is 4.80. The molecule has 0 aliphatic heterocycles. The molecular formula is C16H18N4. The third-order valence-electron chi connectivity index (χ3n) is 3.38. The summed E-state index contributed by atoms with van der Waals surface area (Å²) in [7, 11) is 2.05. The lowest BCUT2D eigenvalue weighted by Crippen LogP contribution is -2.04. The Labute approximate surface area is 118 Å². The number of nitrogens with one attached hydrogen (secondary N) is 1. The first-order valence-corrected chi connectivity index (χ1v) is 6.88. The third-order valence-corrected chi connectivity index (χ3v) is 3.38. The Bertz CT molecular complexity index is 730. The molecule has 0 saturated carbocycles. The van der Waals surface area contributed by atoms with E-state index in [0.29, 0.717) is 0 Å². The first-order chi connectivity index (χ1) is 9.78. The molecule has 0 saturated heterocycles. The third kappa shape index (κ3) is 2.37. The average Bonchev–Trinajstić information content (AvgIpc) is 2.77. The van der Waals surface area contributed by atoms with E-state index in [2.05, 4.69) is 39.9 Å². The number of hydrogen-bond acceptors (Lipinski definition) is 3. The van der Waals surface area contributed by atoms with E-state index >= 15 is 0 Å². The molecule has 102 valence electrons. The molecule has 3 aromatic rings. The Kier molecular flexibility index (Phi) is 3.37. The highest BCUT2D eigenvalue weighted by atomic mass is 15.1. The van der Waals surface area contributed by atoms with Crippen LogP contribution in [-0.4, -0.2) is 21.1 Å². The summed E-state index contributed by atoms with van der Waals surface area (Å²) in [6.45, 7) is 2.95. The highest BCUT2D eigenvalue weighted by molar-refractivity contribution is 5.75. The summed E-state index contributed by atoms with van der Waals surface area (Å²) in [6.07, 6.45) is 0.740. The van der Waals surface area contributed by atoms with Crippen LogP contribution in [0.4, 0.5) is 5.82 Å². The van der Waals surface area contributed by atoms with Crippen molar-refractivity contribution in [2.24, 2.45) is 7.05 Å². The van der Waals surface area contributed by atoms with E-state index in [9.17, 15) is 0 Å². The average molecular weight is 266 g/mol. The first kappa shape index (κ1) is 12.7. The van der Waals surface area contributed by atoms with E-state index in [1.54, 1.807) is 0 Å². The SMILES string of the molecule is CCNc1cccc(Cc2nc3ccccc3n2C)n1. The zero-order valence-corrected chi connectivity index (χ0v) is 11.8. The Hall–Kier alpha value is -2.36. The molecular weight excluding hydrogens is 248 g/mol. The van der Waals surface area contributed by atoms with Gasteiger partial charge in [-0.05, 0) is 31.2 Å². The van der Waals surface area contributed by atoms with Gasteiger partial charge >= 0.3 is 0 Å². The molecule has 20 heavy (non-hydrogen) atoms. The number of nitrogens with zero attached hydrogens (tertiary/aromatic N) is 3. The highest BCUT2D eigenvalue weighted by Gasteiger charge is 2.08. The van der Waals surface area contributed by atoms with Crippen molar-refractivity contribution in [1.29, 1.82) is 0 Å². The first-order valence-electron chi connectivity index (χ1n) is 6.88. The minimum Gasteiger partial charge on any atom is -0.370 e. The molecule has 0 fully saturated rings. The summed E-state index contributed by atoms with van der Waals surface area (Å²) < 4.78 is 2.14. The lowest BCUT2D eigenvalue weighted by atomic mass is 10.2. The van der Waals surface area contributed by atoms with Crippen molar-refractivity contribution in [2.75, 3.05) is 11.9 Å². The fourth-order valence-corrected chi connectivity index (χ4v) is 2.37. The molecule has 2 aromatic heterocycles. The van der Waals surface area contributed by atoms with Crippen LogP contribution in [0.5, 0.6) is 0 Å². The van der Waals surface area contributed by atoms with E-state index in [1.807, 2.05) is 36.4 Å². The molecule has 3 rings (SSSR count). The highest BCUT2D eigenvalue weighted by Crippen LogP contribution is 2.16. The van der Waals surface area contributed by atoms with Gasteiger partial charge in [-0.2, -0.15) is 0 Å². The Balaban J connectivity index is 1.93. The van der Waals surface area contributed by atoms with Gasteiger partial charge in [-0.15, -0.1) is 0 Å². The molecule has 4 nitrogen and oxygen atoms in total. The summed E-state index contributed by atoms with van der Waals surface area (Å²) >= 11 is 0. The minimum absolute atomic E-state index is 0.740. The smallest absolute Gasteiger partial charge is 0.126 e. The van der Waals surface area contributed by atoms with Crippen molar-refractivity contribution in [1.82, 2.24) is 14.5 Å². The van der Waals surface area contributed by atoms with Gasteiger partial charge in [0.1, 0.15) is 11.6 Å². The van der Waals surface area contributed by atoms with Crippen LogP contribution in [0.3, 0.4) is 0 Å². The van der Waals surface area contributed by atoms with Crippen molar-refractivity contribution in [3.63, 3.8) is 0 Å². The lowest BCUT2D eigenvalue weighted by Gasteiger charge is -2.05. The number of para-hydroxylation sites is 2. The minimum atomic E-state index is 0.740. The number of imidazole rings is 1. The largest absolute Gasteiger partial charge is 0.370 e. The van der Waals surface area contributed by atoms with E-state index < -0.39 is 0 Å². The number of aryl methyl sites for hydroxylation is 1. The molecule has 1 aromatic carbocycles. The van der Waals surface area contributed by atoms with Gasteiger partial charge in [0.2, 0.25) is 0 Å². The van der Waals surface area contributed by atoms with Crippen LogP contribution in [0.2, 0.25) is 0 Å². The number of anilines is 1. The maximum absolute atomic E-state index is 4.69. The van der Waals surface area contributed by atoms with E-state index in [1.165, 1.54) is 0 Å². The number of benzene rings is 1.